The smallest absolute Gasteiger partial charge is 0.320 e. The van der Waals surface area contributed by atoms with Gasteiger partial charge in [-0.15, -0.1) is 0 Å². The number of H-pyrrole nitrogens is 1. The minimum Gasteiger partial charge on any atom is -0.389 e. The molecular formula is C19H19FN8O. The molecule has 1 aliphatic heterocycles. The Morgan fingerprint density at radius 1 is 1.28 bits per heavy atom. The number of rotatable bonds is 4. The van der Waals surface area contributed by atoms with Gasteiger partial charge in [-0.1, -0.05) is 10.2 Å². The van der Waals surface area contributed by atoms with Crippen molar-refractivity contribution in [1.29, 1.82) is 0 Å². The van der Waals surface area contributed by atoms with Crippen LogP contribution in [0.3, 0.4) is 0 Å². The Labute approximate surface area is 165 Å². The van der Waals surface area contributed by atoms with Gasteiger partial charge in [0.15, 0.2) is 0 Å². The summed E-state index contributed by atoms with van der Waals surface area (Å²) < 4.78 is 21.7. The monoisotopic (exact) mass is 394 g/mol. The van der Waals surface area contributed by atoms with Crippen LogP contribution in [0.4, 0.5) is 16.4 Å². The van der Waals surface area contributed by atoms with Crippen LogP contribution in [0, 0.1) is 5.82 Å². The maximum absolute atomic E-state index is 14.2. The third-order valence-corrected chi connectivity index (χ3v) is 5.77. The first-order valence-corrected chi connectivity index (χ1v) is 9.79. The average molecular weight is 394 g/mol. The van der Waals surface area contributed by atoms with Gasteiger partial charge in [0.25, 0.3) is 0 Å². The van der Waals surface area contributed by atoms with Crippen molar-refractivity contribution in [2.24, 2.45) is 0 Å². The zero-order valence-corrected chi connectivity index (χ0v) is 15.5. The first kappa shape index (κ1) is 16.5. The van der Waals surface area contributed by atoms with E-state index in [2.05, 4.69) is 30.6 Å². The van der Waals surface area contributed by atoms with Crippen molar-refractivity contribution in [1.82, 2.24) is 29.8 Å². The number of pyridine rings is 1. The van der Waals surface area contributed by atoms with Gasteiger partial charge in [-0.25, -0.2) is 13.9 Å². The highest BCUT2D eigenvalue weighted by Crippen LogP contribution is 2.37. The molecule has 0 unspecified atom stereocenters. The molecule has 1 aliphatic carbocycles. The Bertz CT molecular complexity index is 1180. The van der Waals surface area contributed by atoms with Gasteiger partial charge in [0.05, 0.1) is 17.7 Å². The summed E-state index contributed by atoms with van der Waals surface area (Å²) >= 11 is 0. The standard InChI is InChI=1S/C19H19FN8O/c20-12-5-2-7-28-15(12)9-14(26-28)17-16-13(21-10-22-16)6-8-27(17)19-25-24-18(29-19)23-11-3-1-4-11/h2,5,7,9-11,17H,1,3-4,6,8H2,(H,21,22)(H,23,24)/t17-/m1/s1. The molecular weight excluding hydrogens is 375 g/mol. The molecule has 1 fully saturated rings. The van der Waals surface area contributed by atoms with Gasteiger partial charge in [0.2, 0.25) is 0 Å². The summed E-state index contributed by atoms with van der Waals surface area (Å²) in [5.74, 6) is -0.319. The fourth-order valence-electron chi connectivity index (χ4n) is 4.03. The van der Waals surface area contributed by atoms with Crippen molar-refractivity contribution in [3.8, 4) is 0 Å². The predicted octanol–water partition coefficient (Wildman–Crippen LogP) is 2.70. The molecule has 2 aliphatic rings. The number of fused-ring (bicyclic) bond motifs is 2. The first-order valence-electron chi connectivity index (χ1n) is 9.79. The molecule has 0 aromatic carbocycles. The molecule has 6 rings (SSSR count). The van der Waals surface area contributed by atoms with E-state index in [1.165, 1.54) is 12.5 Å². The molecule has 0 saturated heterocycles. The number of imidazole rings is 1. The van der Waals surface area contributed by atoms with E-state index in [-0.39, 0.29) is 11.9 Å². The SMILES string of the molecule is Fc1cccn2nc([C@@H]3c4nc[nH]c4CCN3c3nnc(NC4CCC4)o3)cc12. The topological polar surface area (TPSA) is 100 Å². The molecule has 4 aromatic heterocycles. The molecule has 9 nitrogen and oxygen atoms in total. The lowest BCUT2D eigenvalue weighted by Crippen LogP contribution is -2.37. The molecule has 1 atom stereocenters. The molecule has 0 radical (unpaired) electrons. The third-order valence-electron chi connectivity index (χ3n) is 5.77. The van der Waals surface area contributed by atoms with Gasteiger partial charge in [-0.2, -0.15) is 5.10 Å². The molecule has 148 valence electrons. The minimum absolute atomic E-state index is 0.319. The van der Waals surface area contributed by atoms with E-state index < -0.39 is 0 Å². The summed E-state index contributed by atoms with van der Waals surface area (Å²) in [6.45, 7) is 0.654. The van der Waals surface area contributed by atoms with Crippen LogP contribution in [0.25, 0.3) is 5.52 Å². The Balaban J connectivity index is 1.41. The number of aromatic amines is 1. The van der Waals surface area contributed by atoms with Crippen LogP contribution in [0.2, 0.25) is 0 Å². The quantitative estimate of drug-likeness (QED) is 0.549. The van der Waals surface area contributed by atoms with Crippen molar-refractivity contribution in [3.63, 3.8) is 0 Å². The number of hydrogen-bond acceptors (Lipinski definition) is 7. The van der Waals surface area contributed by atoms with Crippen LogP contribution in [0.1, 0.15) is 42.4 Å². The first-order chi connectivity index (χ1) is 14.3. The van der Waals surface area contributed by atoms with Gasteiger partial charge >= 0.3 is 12.0 Å². The Kier molecular flexibility index (Phi) is 3.58. The van der Waals surface area contributed by atoms with E-state index in [4.69, 9.17) is 4.42 Å². The second kappa shape index (κ2) is 6.29. The number of nitrogens with one attached hydrogen (secondary N) is 2. The van der Waals surface area contributed by atoms with Crippen molar-refractivity contribution in [2.45, 2.75) is 37.8 Å². The molecule has 2 N–H and O–H groups in total. The zero-order valence-electron chi connectivity index (χ0n) is 15.5. The maximum Gasteiger partial charge on any atom is 0.320 e. The largest absolute Gasteiger partial charge is 0.389 e. The maximum atomic E-state index is 14.2. The summed E-state index contributed by atoms with van der Waals surface area (Å²) in [4.78, 5) is 9.70. The highest BCUT2D eigenvalue weighted by molar-refractivity contribution is 5.53. The number of aromatic nitrogens is 6. The summed E-state index contributed by atoms with van der Waals surface area (Å²) in [6, 6.07) is 5.70. The molecule has 1 saturated carbocycles. The fourth-order valence-corrected chi connectivity index (χ4v) is 4.03. The molecule has 0 bridgehead atoms. The highest BCUT2D eigenvalue weighted by Gasteiger charge is 2.36. The van der Waals surface area contributed by atoms with Crippen molar-refractivity contribution in [2.75, 3.05) is 16.8 Å². The Morgan fingerprint density at radius 3 is 3.03 bits per heavy atom. The van der Waals surface area contributed by atoms with Crippen LogP contribution in [-0.2, 0) is 6.42 Å². The summed E-state index contributed by atoms with van der Waals surface area (Å²) in [5, 5.41) is 16.3. The highest BCUT2D eigenvalue weighted by atomic mass is 19.1. The van der Waals surface area contributed by atoms with E-state index in [1.807, 2.05) is 4.90 Å². The zero-order chi connectivity index (χ0) is 19.4. The number of halogens is 1. The minimum atomic E-state index is -0.346. The molecule has 5 heterocycles. The summed E-state index contributed by atoms with van der Waals surface area (Å²) in [7, 11) is 0. The van der Waals surface area contributed by atoms with E-state index >= 15 is 0 Å². The van der Waals surface area contributed by atoms with Crippen LogP contribution in [-0.4, -0.2) is 42.4 Å². The van der Waals surface area contributed by atoms with Gasteiger partial charge in [0, 0.05) is 30.9 Å². The van der Waals surface area contributed by atoms with Crippen LogP contribution in [0.15, 0.2) is 35.1 Å². The van der Waals surface area contributed by atoms with Crippen molar-refractivity contribution < 1.29 is 8.81 Å². The Hall–Kier alpha value is -3.43. The van der Waals surface area contributed by atoms with E-state index in [1.54, 1.807) is 29.2 Å². The van der Waals surface area contributed by atoms with Gasteiger partial charge in [-0.05, 0) is 37.5 Å². The Morgan fingerprint density at radius 2 is 2.21 bits per heavy atom. The van der Waals surface area contributed by atoms with E-state index in [0.717, 1.165) is 30.7 Å². The second-order valence-corrected chi connectivity index (χ2v) is 7.53. The predicted molar refractivity (Wildman–Crippen MR) is 102 cm³/mol. The molecule has 0 spiro atoms. The van der Waals surface area contributed by atoms with E-state index in [9.17, 15) is 4.39 Å². The fraction of sp³-hybridized carbons (Fsp3) is 0.368. The average Bonchev–Trinajstić information content (AvgIpc) is 3.42. The molecule has 29 heavy (non-hydrogen) atoms. The number of hydrogen-bond donors (Lipinski definition) is 2. The number of anilines is 2. The normalized spacial score (nSPS) is 19.3. The third kappa shape index (κ3) is 2.66. The van der Waals surface area contributed by atoms with Crippen LogP contribution in [0.5, 0.6) is 0 Å². The lowest BCUT2D eigenvalue weighted by atomic mass is 9.93. The number of nitrogens with zero attached hydrogens (tertiary/aromatic N) is 6. The van der Waals surface area contributed by atoms with Gasteiger partial charge in [-0.3, -0.25) is 0 Å². The van der Waals surface area contributed by atoms with E-state index in [0.29, 0.717) is 35.8 Å². The van der Waals surface area contributed by atoms with Gasteiger partial charge in [0.1, 0.15) is 17.4 Å². The van der Waals surface area contributed by atoms with Crippen molar-refractivity contribution in [3.05, 3.63) is 53.6 Å². The lowest BCUT2D eigenvalue weighted by Gasteiger charge is -2.32. The second-order valence-electron chi connectivity index (χ2n) is 7.53. The van der Waals surface area contributed by atoms with Gasteiger partial charge < -0.3 is 19.6 Å². The lowest BCUT2D eigenvalue weighted by molar-refractivity contribution is 0.426. The molecule has 0 amide bonds. The molecule has 4 aromatic rings. The summed E-state index contributed by atoms with van der Waals surface area (Å²) in [6.07, 6.45) is 7.63. The van der Waals surface area contributed by atoms with Crippen molar-refractivity contribution >= 4 is 17.5 Å². The van der Waals surface area contributed by atoms with Crippen LogP contribution >= 0.6 is 0 Å². The summed E-state index contributed by atoms with van der Waals surface area (Å²) in [5.41, 5.74) is 2.97. The molecule has 10 heteroatoms. The van der Waals surface area contributed by atoms with Crippen LogP contribution < -0.4 is 10.2 Å².